The van der Waals surface area contributed by atoms with E-state index in [2.05, 4.69) is 0 Å². The minimum Gasteiger partial charge on any atom is -0.478 e. The normalized spacial score (nSPS) is 9.25. The Morgan fingerprint density at radius 3 is 2.06 bits per heavy atom. The topological polar surface area (TPSA) is 68.8 Å². The van der Waals surface area contributed by atoms with Crippen molar-refractivity contribution >= 4 is 5.97 Å². The molecule has 0 saturated carbocycles. The molecule has 2 rings (SSSR count). The quantitative estimate of drug-likeness (QED) is 0.836. The van der Waals surface area contributed by atoms with Gasteiger partial charge >= 0.3 is 5.97 Å². The van der Waals surface area contributed by atoms with Crippen LogP contribution < -0.4 is 0 Å². The van der Waals surface area contributed by atoms with Gasteiger partial charge in [-0.1, -0.05) is 48.5 Å². The Labute approximate surface area is 93.3 Å². The summed E-state index contributed by atoms with van der Waals surface area (Å²) in [6, 6.07) is 16.5. The van der Waals surface area contributed by atoms with E-state index in [0.29, 0.717) is 5.56 Å². The van der Waals surface area contributed by atoms with Crippen molar-refractivity contribution in [3.8, 4) is 11.1 Å². The molecule has 0 aliphatic heterocycles. The van der Waals surface area contributed by atoms with Crippen molar-refractivity contribution in [1.29, 1.82) is 0 Å². The summed E-state index contributed by atoms with van der Waals surface area (Å²) in [5, 5.41) is 9.03. The highest BCUT2D eigenvalue weighted by Gasteiger charge is 2.09. The van der Waals surface area contributed by atoms with Crippen LogP contribution in [-0.4, -0.2) is 16.6 Å². The van der Waals surface area contributed by atoms with Crippen LogP contribution in [0.1, 0.15) is 10.4 Å². The molecule has 0 radical (unpaired) electrons. The maximum absolute atomic E-state index is 11.0. The third-order valence-electron chi connectivity index (χ3n) is 2.24. The standard InChI is InChI=1S/C13H10O2.H2O/c14-13(15)12-9-5-4-8-11(12)10-6-2-1-3-7-10;/h1-9H,(H,14,15);1H2. The summed E-state index contributed by atoms with van der Waals surface area (Å²) in [5.74, 6) is -0.894. The molecule has 0 saturated heterocycles. The van der Waals surface area contributed by atoms with Crippen molar-refractivity contribution in [2.75, 3.05) is 0 Å². The highest BCUT2D eigenvalue weighted by molar-refractivity contribution is 5.95. The van der Waals surface area contributed by atoms with Crippen LogP contribution in [0.5, 0.6) is 0 Å². The second-order valence-corrected chi connectivity index (χ2v) is 3.22. The first-order valence-electron chi connectivity index (χ1n) is 4.67. The molecule has 3 heteroatoms. The van der Waals surface area contributed by atoms with Gasteiger partial charge in [-0.3, -0.25) is 0 Å². The van der Waals surface area contributed by atoms with E-state index in [0.717, 1.165) is 11.1 Å². The SMILES string of the molecule is O.O=C(O)c1ccccc1-c1ccccc1. The highest BCUT2D eigenvalue weighted by atomic mass is 16.4. The lowest BCUT2D eigenvalue weighted by Crippen LogP contribution is -1.98. The fraction of sp³-hybridized carbons (Fsp3) is 0. The number of carboxylic acids is 1. The zero-order chi connectivity index (χ0) is 10.7. The zero-order valence-electron chi connectivity index (χ0n) is 8.55. The molecule has 2 aromatic rings. The third kappa shape index (κ3) is 2.27. The molecule has 0 unspecified atom stereocenters. The Morgan fingerprint density at radius 2 is 1.44 bits per heavy atom. The van der Waals surface area contributed by atoms with E-state index in [1.165, 1.54) is 0 Å². The molecule has 0 bridgehead atoms. The summed E-state index contributed by atoms with van der Waals surface area (Å²) in [6.07, 6.45) is 0. The number of hydrogen-bond donors (Lipinski definition) is 1. The Hall–Kier alpha value is -2.13. The van der Waals surface area contributed by atoms with E-state index < -0.39 is 5.97 Å². The van der Waals surface area contributed by atoms with Crippen LogP contribution in [0.3, 0.4) is 0 Å². The summed E-state index contributed by atoms with van der Waals surface area (Å²) in [7, 11) is 0. The lowest BCUT2D eigenvalue weighted by Gasteiger charge is -2.05. The molecule has 2 aromatic carbocycles. The Morgan fingerprint density at radius 1 is 0.875 bits per heavy atom. The molecule has 0 heterocycles. The molecule has 3 N–H and O–H groups in total. The fourth-order valence-electron chi connectivity index (χ4n) is 1.54. The Bertz CT molecular complexity index is 478. The van der Waals surface area contributed by atoms with Crippen molar-refractivity contribution in [1.82, 2.24) is 0 Å². The van der Waals surface area contributed by atoms with Crippen molar-refractivity contribution in [3.05, 3.63) is 60.2 Å². The predicted molar refractivity (Wildman–Crippen MR) is 62.5 cm³/mol. The number of carbonyl (C=O) groups is 1. The van der Waals surface area contributed by atoms with E-state index in [1.807, 2.05) is 42.5 Å². The van der Waals surface area contributed by atoms with Crippen LogP contribution >= 0.6 is 0 Å². The number of carboxylic acid groups (broad SMARTS) is 1. The van der Waals surface area contributed by atoms with Crippen LogP contribution in [0.15, 0.2) is 54.6 Å². The molecule has 16 heavy (non-hydrogen) atoms. The van der Waals surface area contributed by atoms with Crippen molar-refractivity contribution in [3.63, 3.8) is 0 Å². The van der Waals surface area contributed by atoms with Gasteiger partial charge in [-0.2, -0.15) is 0 Å². The number of rotatable bonds is 2. The van der Waals surface area contributed by atoms with Gasteiger partial charge in [0.05, 0.1) is 5.56 Å². The molecule has 0 fully saturated rings. The molecule has 3 nitrogen and oxygen atoms in total. The lowest BCUT2D eigenvalue weighted by atomic mass is 10.00. The van der Waals surface area contributed by atoms with E-state index in [1.54, 1.807) is 12.1 Å². The molecule has 0 aliphatic rings. The Balaban J connectivity index is 0.00000128. The number of hydrogen-bond acceptors (Lipinski definition) is 1. The lowest BCUT2D eigenvalue weighted by molar-refractivity contribution is 0.0697. The molecular formula is C13H12O3. The van der Waals surface area contributed by atoms with Gasteiger partial charge in [0.25, 0.3) is 0 Å². The summed E-state index contributed by atoms with van der Waals surface area (Å²) in [6.45, 7) is 0. The average Bonchev–Trinajstić information content (AvgIpc) is 2.30. The van der Waals surface area contributed by atoms with E-state index in [9.17, 15) is 4.79 Å². The molecular weight excluding hydrogens is 204 g/mol. The molecule has 82 valence electrons. The van der Waals surface area contributed by atoms with Crippen molar-refractivity contribution in [2.24, 2.45) is 0 Å². The first-order chi connectivity index (χ1) is 7.29. The second kappa shape index (κ2) is 5.09. The average molecular weight is 216 g/mol. The third-order valence-corrected chi connectivity index (χ3v) is 2.24. The van der Waals surface area contributed by atoms with Crippen LogP contribution in [-0.2, 0) is 0 Å². The van der Waals surface area contributed by atoms with Gasteiger partial charge in [-0.25, -0.2) is 4.79 Å². The second-order valence-electron chi connectivity index (χ2n) is 3.22. The van der Waals surface area contributed by atoms with Gasteiger partial charge in [0, 0.05) is 0 Å². The fourth-order valence-corrected chi connectivity index (χ4v) is 1.54. The minimum absolute atomic E-state index is 0. The van der Waals surface area contributed by atoms with Gasteiger partial charge < -0.3 is 10.6 Å². The van der Waals surface area contributed by atoms with Gasteiger partial charge in [0.2, 0.25) is 0 Å². The summed E-state index contributed by atoms with van der Waals surface area (Å²) in [4.78, 5) is 11.0. The molecule has 0 amide bonds. The molecule has 0 aromatic heterocycles. The van der Waals surface area contributed by atoms with Crippen molar-refractivity contribution in [2.45, 2.75) is 0 Å². The van der Waals surface area contributed by atoms with Gasteiger partial charge in [-0.05, 0) is 17.2 Å². The minimum atomic E-state index is -0.894. The summed E-state index contributed by atoms with van der Waals surface area (Å²) in [5.41, 5.74) is 2.02. The van der Waals surface area contributed by atoms with E-state index in [4.69, 9.17) is 5.11 Å². The van der Waals surface area contributed by atoms with Crippen LogP contribution in [0.2, 0.25) is 0 Å². The first kappa shape index (κ1) is 11.9. The number of aromatic carboxylic acids is 1. The highest BCUT2D eigenvalue weighted by Crippen LogP contribution is 2.22. The first-order valence-corrected chi connectivity index (χ1v) is 4.67. The summed E-state index contributed by atoms with van der Waals surface area (Å²) >= 11 is 0. The molecule has 0 atom stereocenters. The van der Waals surface area contributed by atoms with Crippen LogP contribution in [0.4, 0.5) is 0 Å². The molecule has 0 aliphatic carbocycles. The zero-order valence-corrected chi connectivity index (χ0v) is 8.55. The maximum atomic E-state index is 11.0. The Kier molecular flexibility index (Phi) is 3.80. The van der Waals surface area contributed by atoms with Crippen LogP contribution in [0, 0.1) is 0 Å². The maximum Gasteiger partial charge on any atom is 0.336 e. The van der Waals surface area contributed by atoms with Crippen molar-refractivity contribution < 1.29 is 15.4 Å². The van der Waals surface area contributed by atoms with E-state index in [-0.39, 0.29) is 5.48 Å². The largest absolute Gasteiger partial charge is 0.478 e. The van der Waals surface area contributed by atoms with Gasteiger partial charge in [0.15, 0.2) is 0 Å². The molecule has 0 spiro atoms. The smallest absolute Gasteiger partial charge is 0.336 e. The number of benzene rings is 2. The summed E-state index contributed by atoms with van der Waals surface area (Å²) < 4.78 is 0. The van der Waals surface area contributed by atoms with E-state index >= 15 is 0 Å². The van der Waals surface area contributed by atoms with Gasteiger partial charge in [-0.15, -0.1) is 0 Å². The van der Waals surface area contributed by atoms with Gasteiger partial charge in [0.1, 0.15) is 0 Å². The predicted octanol–water partition coefficient (Wildman–Crippen LogP) is 2.23. The van der Waals surface area contributed by atoms with Crippen LogP contribution in [0.25, 0.3) is 11.1 Å². The monoisotopic (exact) mass is 216 g/mol.